The van der Waals surface area contributed by atoms with Crippen LogP contribution in [0.3, 0.4) is 0 Å². The first-order valence-corrected chi connectivity index (χ1v) is 10.6. The lowest BCUT2D eigenvalue weighted by Crippen LogP contribution is -2.11. The Morgan fingerprint density at radius 3 is 1.67 bits per heavy atom. The zero-order chi connectivity index (χ0) is 18.0. The van der Waals surface area contributed by atoms with E-state index in [0.29, 0.717) is 0 Å². The molecule has 0 saturated carbocycles. The van der Waals surface area contributed by atoms with Crippen molar-refractivity contribution in [3.8, 4) is 0 Å². The maximum absolute atomic E-state index is 12.4. The SMILES string of the molecule is C=C(CCS(=O)(=O)c1ccc(C)cc1)S(=O)(=O)c1ccc(C)cc1. The van der Waals surface area contributed by atoms with E-state index in [1.54, 1.807) is 24.3 Å². The molecule has 4 nitrogen and oxygen atoms in total. The summed E-state index contributed by atoms with van der Waals surface area (Å²) in [6.07, 6.45) is -0.133. The molecule has 0 heterocycles. The van der Waals surface area contributed by atoms with Crippen LogP contribution in [0.25, 0.3) is 0 Å². The Labute approximate surface area is 143 Å². The first-order valence-electron chi connectivity index (χ1n) is 7.42. The second-order valence-corrected chi connectivity index (χ2v) is 9.90. The van der Waals surface area contributed by atoms with E-state index in [-0.39, 0.29) is 26.9 Å². The molecule has 2 rings (SSSR count). The van der Waals surface area contributed by atoms with E-state index in [1.165, 1.54) is 24.3 Å². The summed E-state index contributed by atoms with van der Waals surface area (Å²) in [5.74, 6) is -0.292. The van der Waals surface area contributed by atoms with E-state index in [1.807, 2.05) is 13.8 Å². The maximum atomic E-state index is 12.4. The van der Waals surface area contributed by atoms with Crippen molar-refractivity contribution >= 4 is 19.7 Å². The van der Waals surface area contributed by atoms with Gasteiger partial charge in [0.25, 0.3) is 0 Å². The predicted molar refractivity (Wildman–Crippen MR) is 95.4 cm³/mol. The quantitative estimate of drug-likeness (QED) is 0.787. The van der Waals surface area contributed by atoms with Gasteiger partial charge in [0, 0.05) is 4.91 Å². The summed E-state index contributed by atoms with van der Waals surface area (Å²) in [5.41, 5.74) is 1.90. The second-order valence-electron chi connectivity index (χ2n) is 5.74. The van der Waals surface area contributed by atoms with Crippen LogP contribution in [0.4, 0.5) is 0 Å². The van der Waals surface area contributed by atoms with E-state index in [0.717, 1.165) is 11.1 Å². The average molecular weight is 364 g/mol. The van der Waals surface area contributed by atoms with Gasteiger partial charge in [-0.25, -0.2) is 16.8 Å². The summed E-state index contributed by atoms with van der Waals surface area (Å²) in [6.45, 7) is 7.31. The molecule has 0 spiro atoms. The first kappa shape index (κ1) is 18.4. The fourth-order valence-electron chi connectivity index (χ4n) is 2.13. The van der Waals surface area contributed by atoms with Crippen molar-refractivity contribution in [3.63, 3.8) is 0 Å². The van der Waals surface area contributed by atoms with E-state index < -0.39 is 19.7 Å². The van der Waals surface area contributed by atoms with Gasteiger partial charge in [-0.2, -0.15) is 0 Å². The molecule has 0 atom stereocenters. The van der Waals surface area contributed by atoms with Gasteiger partial charge in [0.05, 0.1) is 15.5 Å². The van der Waals surface area contributed by atoms with Gasteiger partial charge in [-0.05, 0) is 44.5 Å². The number of rotatable bonds is 6. The normalized spacial score (nSPS) is 12.1. The number of sulfone groups is 2. The van der Waals surface area contributed by atoms with Gasteiger partial charge in [0.15, 0.2) is 9.84 Å². The van der Waals surface area contributed by atoms with Gasteiger partial charge < -0.3 is 0 Å². The van der Waals surface area contributed by atoms with E-state index >= 15 is 0 Å². The third kappa shape index (κ3) is 4.13. The van der Waals surface area contributed by atoms with Crippen molar-refractivity contribution < 1.29 is 16.8 Å². The van der Waals surface area contributed by atoms with Crippen LogP contribution in [0, 0.1) is 13.8 Å². The molecule has 0 unspecified atom stereocenters. The fourth-order valence-corrected chi connectivity index (χ4v) is 4.76. The highest BCUT2D eigenvalue weighted by Gasteiger charge is 2.22. The maximum Gasteiger partial charge on any atom is 0.202 e. The minimum Gasteiger partial charge on any atom is -0.224 e. The average Bonchev–Trinajstić information content (AvgIpc) is 2.53. The summed E-state index contributed by atoms with van der Waals surface area (Å²) in [7, 11) is -7.27. The van der Waals surface area contributed by atoms with Crippen LogP contribution in [0.1, 0.15) is 17.5 Å². The molecule has 0 radical (unpaired) electrons. The highest BCUT2D eigenvalue weighted by molar-refractivity contribution is 7.95. The van der Waals surface area contributed by atoms with Crippen molar-refractivity contribution in [3.05, 3.63) is 71.1 Å². The largest absolute Gasteiger partial charge is 0.224 e. The third-order valence-electron chi connectivity index (χ3n) is 3.74. The highest BCUT2D eigenvalue weighted by Crippen LogP contribution is 2.23. The molecule has 0 aliphatic rings. The molecule has 0 aromatic heterocycles. The minimum atomic E-state index is -3.73. The van der Waals surface area contributed by atoms with E-state index in [2.05, 4.69) is 6.58 Å². The summed E-state index contributed by atoms with van der Waals surface area (Å²) in [6, 6.07) is 12.9. The lowest BCUT2D eigenvalue weighted by molar-refractivity contribution is 0.594. The molecule has 2 aromatic carbocycles. The Morgan fingerprint density at radius 2 is 1.21 bits per heavy atom. The van der Waals surface area contributed by atoms with Crippen molar-refractivity contribution in [2.24, 2.45) is 0 Å². The van der Waals surface area contributed by atoms with E-state index in [9.17, 15) is 16.8 Å². The summed E-state index contributed by atoms with van der Waals surface area (Å²) in [5, 5.41) is 0. The molecular weight excluding hydrogens is 344 g/mol. The molecule has 2 aromatic rings. The summed E-state index contributed by atoms with van der Waals surface area (Å²) >= 11 is 0. The van der Waals surface area contributed by atoms with Crippen LogP contribution < -0.4 is 0 Å². The van der Waals surface area contributed by atoms with Gasteiger partial charge in [-0.3, -0.25) is 0 Å². The Hall–Kier alpha value is -1.92. The van der Waals surface area contributed by atoms with Crippen LogP contribution >= 0.6 is 0 Å². The molecule has 128 valence electrons. The van der Waals surface area contributed by atoms with Gasteiger partial charge in [0.1, 0.15) is 0 Å². The predicted octanol–water partition coefficient (Wildman–Crippen LogP) is 3.45. The number of aryl methyl sites for hydroxylation is 2. The zero-order valence-corrected chi connectivity index (χ0v) is 15.3. The van der Waals surface area contributed by atoms with E-state index in [4.69, 9.17) is 0 Å². The van der Waals surface area contributed by atoms with Gasteiger partial charge >= 0.3 is 0 Å². The molecule has 6 heteroatoms. The van der Waals surface area contributed by atoms with Gasteiger partial charge in [-0.15, -0.1) is 0 Å². The molecule has 0 bridgehead atoms. The molecule has 0 amide bonds. The van der Waals surface area contributed by atoms with Gasteiger partial charge in [0.2, 0.25) is 9.84 Å². The molecule has 24 heavy (non-hydrogen) atoms. The molecule has 0 saturated heterocycles. The van der Waals surface area contributed by atoms with Gasteiger partial charge in [-0.1, -0.05) is 42.0 Å². The number of hydrogen-bond acceptors (Lipinski definition) is 4. The fraction of sp³-hybridized carbons (Fsp3) is 0.222. The lowest BCUT2D eigenvalue weighted by Gasteiger charge is -2.09. The van der Waals surface area contributed by atoms with Crippen LogP contribution in [0.15, 0.2) is 69.8 Å². The first-order chi connectivity index (χ1) is 11.1. The second kappa shape index (κ2) is 6.91. The lowest BCUT2D eigenvalue weighted by atomic mass is 10.2. The summed E-state index contributed by atoms with van der Waals surface area (Å²) in [4.78, 5) is 0.224. The highest BCUT2D eigenvalue weighted by atomic mass is 32.2. The number of allylic oxidation sites excluding steroid dienone is 1. The van der Waals surface area contributed by atoms with Crippen LogP contribution in [-0.4, -0.2) is 22.6 Å². The van der Waals surface area contributed by atoms with Crippen molar-refractivity contribution in [2.75, 3.05) is 5.75 Å². The Bertz CT molecular complexity index is 937. The monoisotopic (exact) mass is 364 g/mol. The molecule has 0 aliphatic carbocycles. The van der Waals surface area contributed by atoms with Crippen LogP contribution in [0.5, 0.6) is 0 Å². The van der Waals surface area contributed by atoms with Crippen molar-refractivity contribution in [1.82, 2.24) is 0 Å². The minimum absolute atomic E-state index is 0.0953. The molecular formula is C18H20O4S2. The Balaban J connectivity index is 2.14. The Kier molecular flexibility index (Phi) is 5.30. The molecule has 0 aliphatic heterocycles. The number of benzene rings is 2. The third-order valence-corrected chi connectivity index (χ3v) is 7.33. The van der Waals surface area contributed by atoms with Crippen molar-refractivity contribution in [1.29, 1.82) is 0 Å². The smallest absolute Gasteiger partial charge is 0.202 e. The summed E-state index contributed by atoms with van der Waals surface area (Å²) < 4.78 is 49.5. The standard InChI is InChI=1S/C18H20O4S2/c1-14-4-8-17(9-5-14)23(19,20)13-12-16(3)24(21,22)18-10-6-15(2)7-11-18/h4-11H,3,12-13H2,1-2H3. The molecule has 0 fully saturated rings. The zero-order valence-electron chi connectivity index (χ0n) is 13.7. The van der Waals surface area contributed by atoms with Crippen LogP contribution in [0.2, 0.25) is 0 Å². The molecule has 0 N–H and O–H groups in total. The topological polar surface area (TPSA) is 68.3 Å². The number of hydrogen-bond donors (Lipinski definition) is 0. The Morgan fingerprint density at radius 1 is 0.792 bits per heavy atom. The van der Waals surface area contributed by atoms with Crippen molar-refractivity contribution in [2.45, 2.75) is 30.1 Å². The van der Waals surface area contributed by atoms with Crippen LogP contribution in [-0.2, 0) is 19.7 Å².